The highest BCUT2D eigenvalue weighted by Gasteiger charge is 2.25. The van der Waals surface area contributed by atoms with Gasteiger partial charge in [-0.2, -0.15) is 0 Å². The first-order valence-electron chi connectivity index (χ1n) is 6.67. The number of hydrogen-bond donors (Lipinski definition) is 0. The van der Waals surface area contributed by atoms with Gasteiger partial charge in [-0.3, -0.25) is 0 Å². The fraction of sp³-hybridized carbons (Fsp3) is 1.00. The summed E-state index contributed by atoms with van der Waals surface area (Å²) in [5, 5.41) is 0. The first kappa shape index (κ1) is 13.0. The van der Waals surface area contributed by atoms with Gasteiger partial charge in [0.25, 0.3) is 0 Å². The van der Waals surface area contributed by atoms with Gasteiger partial charge in [-0.25, -0.2) is 0 Å². The molecule has 1 heteroatoms. The molecule has 90 valence electrons. The van der Waals surface area contributed by atoms with Gasteiger partial charge >= 0.3 is 0 Å². The highest BCUT2D eigenvalue weighted by molar-refractivity contribution is 4.75. The molecule has 0 N–H and O–H groups in total. The van der Waals surface area contributed by atoms with E-state index in [0.29, 0.717) is 0 Å². The van der Waals surface area contributed by atoms with Gasteiger partial charge in [-0.15, -0.1) is 0 Å². The zero-order chi connectivity index (χ0) is 11.3. The van der Waals surface area contributed by atoms with E-state index in [1.54, 1.807) is 0 Å². The van der Waals surface area contributed by atoms with E-state index in [0.717, 1.165) is 36.9 Å². The molecule has 1 fully saturated rings. The summed E-state index contributed by atoms with van der Waals surface area (Å²) in [6.45, 7) is 11.4. The topological polar surface area (TPSA) is 9.23 Å². The predicted molar refractivity (Wildman–Crippen MR) is 65.9 cm³/mol. The van der Waals surface area contributed by atoms with Crippen molar-refractivity contribution >= 4 is 0 Å². The van der Waals surface area contributed by atoms with Crippen LogP contribution in [0.25, 0.3) is 0 Å². The number of ether oxygens (including phenoxy) is 1. The van der Waals surface area contributed by atoms with Crippen molar-refractivity contribution in [2.24, 2.45) is 23.7 Å². The van der Waals surface area contributed by atoms with Crippen molar-refractivity contribution in [3.63, 3.8) is 0 Å². The van der Waals surface area contributed by atoms with Gasteiger partial charge in [0.1, 0.15) is 0 Å². The van der Waals surface area contributed by atoms with E-state index in [1.807, 2.05) is 0 Å². The molecule has 1 rings (SSSR count). The Kier molecular flexibility index (Phi) is 5.66. The highest BCUT2D eigenvalue weighted by atomic mass is 16.5. The molecule has 0 aromatic carbocycles. The van der Waals surface area contributed by atoms with Gasteiger partial charge in [0.15, 0.2) is 0 Å². The van der Waals surface area contributed by atoms with E-state index < -0.39 is 0 Å². The second-order valence-electron chi connectivity index (χ2n) is 5.97. The van der Waals surface area contributed by atoms with Crippen LogP contribution in [0.1, 0.15) is 53.4 Å². The van der Waals surface area contributed by atoms with Crippen molar-refractivity contribution in [3.05, 3.63) is 0 Å². The molecule has 0 atom stereocenters. The summed E-state index contributed by atoms with van der Waals surface area (Å²) >= 11 is 0. The van der Waals surface area contributed by atoms with Crippen LogP contribution in [0.5, 0.6) is 0 Å². The maximum atomic E-state index is 5.46. The number of hydrogen-bond acceptors (Lipinski definition) is 1. The first-order valence-corrected chi connectivity index (χ1v) is 6.67. The van der Waals surface area contributed by atoms with E-state index in [2.05, 4.69) is 27.7 Å². The van der Waals surface area contributed by atoms with Crippen LogP contribution in [-0.4, -0.2) is 13.2 Å². The molecule has 0 saturated carbocycles. The minimum absolute atomic E-state index is 0.844. The van der Waals surface area contributed by atoms with Crippen molar-refractivity contribution in [2.45, 2.75) is 53.4 Å². The normalized spacial score (nSPS) is 19.4. The quantitative estimate of drug-likeness (QED) is 0.666. The van der Waals surface area contributed by atoms with Crippen molar-refractivity contribution in [1.82, 2.24) is 0 Å². The van der Waals surface area contributed by atoms with Crippen molar-refractivity contribution < 1.29 is 4.74 Å². The maximum absolute atomic E-state index is 5.46. The van der Waals surface area contributed by atoms with Gasteiger partial charge in [-0.05, 0) is 49.4 Å². The lowest BCUT2D eigenvalue weighted by atomic mass is 9.77. The molecule has 0 amide bonds. The molecule has 0 unspecified atom stereocenters. The molecule has 15 heavy (non-hydrogen) atoms. The summed E-state index contributed by atoms with van der Waals surface area (Å²) in [7, 11) is 0. The third-order valence-corrected chi connectivity index (χ3v) is 3.48. The fourth-order valence-corrected chi connectivity index (χ4v) is 2.88. The Morgan fingerprint density at radius 1 is 0.933 bits per heavy atom. The molecule has 0 aliphatic carbocycles. The second kappa shape index (κ2) is 6.52. The molecule has 0 bridgehead atoms. The van der Waals surface area contributed by atoms with Gasteiger partial charge in [0.05, 0.1) is 0 Å². The molecule has 1 aliphatic rings. The summed E-state index contributed by atoms with van der Waals surface area (Å²) in [6.07, 6.45) is 5.40. The summed E-state index contributed by atoms with van der Waals surface area (Å²) in [6, 6.07) is 0. The highest BCUT2D eigenvalue weighted by Crippen LogP contribution is 2.33. The zero-order valence-electron chi connectivity index (χ0n) is 11.0. The smallest absolute Gasteiger partial charge is 0.0468 e. The molecule has 0 aromatic heterocycles. The Labute approximate surface area is 95.6 Å². The SMILES string of the molecule is CC(C)CC(CC(C)C)C1CCOCC1. The lowest BCUT2D eigenvalue weighted by molar-refractivity contribution is 0.0381. The summed E-state index contributed by atoms with van der Waals surface area (Å²) < 4.78 is 5.46. The maximum Gasteiger partial charge on any atom is 0.0468 e. The van der Waals surface area contributed by atoms with Crippen LogP contribution >= 0.6 is 0 Å². The Hall–Kier alpha value is -0.0400. The molecule has 0 aromatic rings. The summed E-state index contributed by atoms with van der Waals surface area (Å²) in [4.78, 5) is 0. The Morgan fingerprint density at radius 2 is 1.40 bits per heavy atom. The molecule has 1 aliphatic heterocycles. The fourth-order valence-electron chi connectivity index (χ4n) is 2.88. The lowest BCUT2D eigenvalue weighted by Gasteiger charge is -2.32. The Bertz CT molecular complexity index is 147. The van der Waals surface area contributed by atoms with E-state index in [1.165, 1.54) is 25.7 Å². The van der Waals surface area contributed by atoms with Crippen LogP contribution < -0.4 is 0 Å². The minimum Gasteiger partial charge on any atom is -0.381 e. The zero-order valence-corrected chi connectivity index (χ0v) is 11.0. The predicted octanol–water partition coefficient (Wildman–Crippen LogP) is 4.12. The van der Waals surface area contributed by atoms with E-state index in [4.69, 9.17) is 4.74 Å². The first-order chi connectivity index (χ1) is 7.09. The Balaban J connectivity index is 2.45. The molecule has 1 nitrogen and oxygen atoms in total. The second-order valence-corrected chi connectivity index (χ2v) is 5.97. The van der Waals surface area contributed by atoms with Crippen molar-refractivity contribution in [1.29, 1.82) is 0 Å². The minimum atomic E-state index is 0.844. The third kappa shape index (κ3) is 5.01. The van der Waals surface area contributed by atoms with Crippen LogP contribution in [0.2, 0.25) is 0 Å². The van der Waals surface area contributed by atoms with Crippen molar-refractivity contribution in [2.75, 3.05) is 13.2 Å². The molecule has 0 radical (unpaired) electrons. The average Bonchev–Trinajstić information content (AvgIpc) is 2.17. The van der Waals surface area contributed by atoms with Crippen LogP contribution in [0.4, 0.5) is 0 Å². The van der Waals surface area contributed by atoms with Gasteiger partial charge < -0.3 is 4.74 Å². The van der Waals surface area contributed by atoms with E-state index >= 15 is 0 Å². The third-order valence-electron chi connectivity index (χ3n) is 3.48. The lowest BCUT2D eigenvalue weighted by Crippen LogP contribution is -2.25. The van der Waals surface area contributed by atoms with Crippen molar-refractivity contribution in [3.8, 4) is 0 Å². The van der Waals surface area contributed by atoms with Crippen LogP contribution in [0.3, 0.4) is 0 Å². The molecular formula is C14H28O. The van der Waals surface area contributed by atoms with Gasteiger partial charge in [0, 0.05) is 13.2 Å². The van der Waals surface area contributed by atoms with E-state index in [-0.39, 0.29) is 0 Å². The summed E-state index contributed by atoms with van der Waals surface area (Å²) in [5.74, 6) is 3.56. The standard InChI is InChI=1S/C14H28O/c1-11(2)9-14(10-12(3)4)13-5-7-15-8-6-13/h11-14H,5-10H2,1-4H3. The van der Waals surface area contributed by atoms with Gasteiger partial charge in [0.2, 0.25) is 0 Å². The molecule has 1 heterocycles. The van der Waals surface area contributed by atoms with Crippen LogP contribution in [0, 0.1) is 23.7 Å². The largest absolute Gasteiger partial charge is 0.381 e. The number of rotatable bonds is 5. The molecule has 1 saturated heterocycles. The average molecular weight is 212 g/mol. The molecule has 0 spiro atoms. The van der Waals surface area contributed by atoms with Crippen LogP contribution in [-0.2, 0) is 4.74 Å². The Morgan fingerprint density at radius 3 is 1.80 bits per heavy atom. The van der Waals surface area contributed by atoms with E-state index in [9.17, 15) is 0 Å². The van der Waals surface area contributed by atoms with Gasteiger partial charge in [-0.1, -0.05) is 27.7 Å². The molecular weight excluding hydrogens is 184 g/mol. The monoisotopic (exact) mass is 212 g/mol. The summed E-state index contributed by atoms with van der Waals surface area (Å²) in [5.41, 5.74) is 0. The van der Waals surface area contributed by atoms with Crippen LogP contribution in [0.15, 0.2) is 0 Å².